The monoisotopic (exact) mass is 432 g/mol. The fourth-order valence-electron chi connectivity index (χ4n) is 3.95. The van der Waals surface area contributed by atoms with Crippen LogP contribution in [-0.4, -0.2) is 34.5 Å². The first-order valence-electron chi connectivity index (χ1n) is 10.5. The molecule has 0 spiro atoms. The van der Waals surface area contributed by atoms with Crippen molar-refractivity contribution in [2.45, 2.75) is 26.0 Å². The molecule has 2 aromatic heterocycles. The first-order valence-corrected chi connectivity index (χ1v) is 11.4. The van der Waals surface area contributed by atoms with Crippen LogP contribution < -0.4 is 15.0 Å². The first kappa shape index (κ1) is 19.6. The van der Waals surface area contributed by atoms with Gasteiger partial charge in [0, 0.05) is 23.7 Å². The number of hydrogen-bond acceptors (Lipinski definition) is 5. The maximum Gasteiger partial charge on any atom is 0.262 e. The summed E-state index contributed by atoms with van der Waals surface area (Å²) in [5, 5.41) is 5.02. The van der Waals surface area contributed by atoms with Crippen LogP contribution in [0.15, 0.2) is 66.2 Å². The molecule has 0 radical (unpaired) electrons. The molecule has 0 bridgehead atoms. The SMILES string of the molecule is CCCNC(=O)C1CN(Cc2c(-c3ccccc3)nc3sccn23)c2ccccc2O1. The number of thiazole rings is 1. The number of nitrogens with zero attached hydrogens (tertiary/aromatic N) is 3. The van der Waals surface area contributed by atoms with Crippen LogP contribution in [-0.2, 0) is 11.3 Å². The van der Waals surface area contributed by atoms with E-state index in [1.54, 1.807) is 11.3 Å². The molecule has 0 fully saturated rings. The van der Waals surface area contributed by atoms with Crippen molar-refractivity contribution < 1.29 is 9.53 Å². The molecule has 158 valence electrons. The highest BCUT2D eigenvalue weighted by molar-refractivity contribution is 7.15. The second-order valence-corrected chi connectivity index (χ2v) is 8.45. The van der Waals surface area contributed by atoms with E-state index in [1.807, 2.05) is 49.4 Å². The number of aromatic nitrogens is 2. The Balaban J connectivity index is 1.52. The molecule has 2 aromatic carbocycles. The predicted octanol–water partition coefficient (Wildman–Crippen LogP) is 4.36. The summed E-state index contributed by atoms with van der Waals surface area (Å²) in [4.78, 5) is 20.8. The molecule has 1 aliphatic heterocycles. The molecule has 1 atom stereocenters. The lowest BCUT2D eigenvalue weighted by Gasteiger charge is -2.35. The molecule has 1 N–H and O–H groups in total. The van der Waals surface area contributed by atoms with Crippen LogP contribution in [0.4, 0.5) is 5.69 Å². The molecule has 6 nitrogen and oxygen atoms in total. The topological polar surface area (TPSA) is 58.9 Å². The number of benzene rings is 2. The van der Waals surface area contributed by atoms with Crippen molar-refractivity contribution in [1.29, 1.82) is 0 Å². The van der Waals surface area contributed by atoms with E-state index in [2.05, 4.69) is 38.3 Å². The zero-order valence-electron chi connectivity index (χ0n) is 17.3. The molecule has 1 unspecified atom stereocenters. The minimum Gasteiger partial charge on any atom is -0.477 e. The van der Waals surface area contributed by atoms with E-state index in [-0.39, 0.29) is 5.91 Å². The summed E-state index contributed by atoms with van der Waals surface area (Å²) in [6.45, 7) is 3.80. The van der Waals surface area contributed by atoms with Gasteiger partial charge in [-0.05, 0) is 18.6 Å². The summed E-state index contributed by atoms with van der Waals surface area (Å²) in [7, 11) is 0. The van der Waals surface area contributed by atoms with Crippen molar-refractivity contribution in [2.75, 3.05) is 18.0 Å². The first-order chi connectivity index (χ1) is 15.2. The third-order valence-corrected chi connectivity index (χ3v) is 6.21. The molecule has 0 saturated heterocycles. The van der Waals surface area contributed by atoms with Crippen LogP contribution in [0.1, 0.15) is 19.0 Å². The van der Waals surface area contributed by atoms with Crippen molar-refractivity contribution in [1.82, 2.24) is 14.7 Å². The average Bonchev–Trinajstić information content (AvgIpc) is 3.40. The van der Waals surface area contributed by atoms with E-state index < -0.39 is 6.10 Å². The maximum absolute atomic E-state index is 12.7. The fraction of sp³-hybridized carbons (Fsp3) is 0.250. The Kier molecular flexibility index (Phi) is 5.34. The van der Waals surface area contributed by atoms with Crippen molar-refractivity contribution in [3.8, 4) is 17.0 Å². The van der Waals surface area contributed by atoms with Gasteiger partial charge in [0.2, 0.25) is 0 Å². The normalized spacial score (nSPS) is 15.5. The van der Waals surface area contributed by atoms with Gasteiger partial charge in [0.15, 0.2) is 11.1 Å². The van der Waals surface area contributed by atoms with Crippen molar-refractivity contribution in [2.24, 2.45) is 0 Å². The fourth-order valence-corrected chi connectivity index (χ4v) is 4.68. The number of carbonyl (C=O) groups excluding carboxylic acids is 1. The number of imidazole rings is 1. The molecule has 3 heterocycles. The van der Waals surface area contributed by atoms with Gasteiger partial charge in [0.1, 0.15) is 5.75 Å². The molecule has 5 rings (SSSR count). The number of hydrogen-bond donors (Lipinski definition) is 1. The lowest BCUT2D eigenvalue weighted by atomic mass is 10.1. The summed E-state index contributed by atoms with van der Waals surface area (Å²) in [5.41, 5.74) is 4.16. The van der Waals surface area contributed by atoms with Crippen molar-refractivity contribution >= 4 is 27.9 Å². The quantitative estimate of drug-likeness (QED) is 0.492. The lowest BCUT2D eigenvalue weighted by molar-refractivity contribution is -0.127. The van der Waals surface area contributed by atoms with Crippen LogP contribution in [0, 0.1) is 0 Å². The Hall–Kier alpha value is -3.32. The Morgan fingerprint density at radius 1 is 1.19 bits per heavy atom. The van der Waals surface area contributed by atoms with Crippen LogP contribution in [0.5, 0.6) is 5.75 Å². The summed E-state index contributed by atoms with van der Waals surface area (Å²) >= 11 is 1.62. The second kappa shape index (κ2) is 8.43. The number of ether oxygens (including phenoxy) is 1. The van der Waals surface area contributed by atoms with Gasteiger partial charge in [-0.25, -0.2) is 4.98 Å². The van der Waals surface area contributed by atoms with E-state index >= 15 is 0 Å². The Bertz CT molecular complexity index is 1200. The van der Waals surface area contributed by atoms with E-state index in [1.165, 1.54) is 0 Å². The van der Waals surface area contributed by atoms with Crippen LogP contribution in [0.25, 0.3) is 16.2 Å². The number of fused-ring (bicyclic) bond motifs is 2. The minimum atomic E-state index is -0.549. The van der Waals surface area contributed by atoms with E-state index in [9.17, 15) is 4.79 Å². The molecule has 1 aliphatic rings. The lowest BCUT2D eigenvalue weighted by Crippen LogP contribution is -2.49. The van der Waals surface area contributed by atoms with Gasteiger partial charge in [-0.2, -0.15) is 0 Å². The van der Waals surface area contributed by atoms with E-state index in [0.717, 1.165) is 39.8 Å². The molecular formula is C24H24N4O2S. The van der Waals surface area contributed by atoms with Gasteiger partial charge in [-0.1, -0.05) is 49.4 Å². The number of nitrogens with one attached hydrogen (secondary N) is 1. The molecule has 7 heteroatoms. The highest BCUT2D eigenvalue weighted by Crippen LogP contribution is 2.36. The van der Waals surface area contributed by atoms with Gasteiger partial charge in [0.25, 0.3) is 5.91 Å². The van der Waals surface area contributed by atoms with Crippen molar-refractivity contribution in [3.05, 3.63) is 71.9 Å². The molecule has 4 aromatic rings. The van der Waals surface area contributed by atoms with Gasteiger partial charge in [-0.15, -0.1) is 11.3 Å². The number of amides is 1. The van der Waals surface area contributed by atoms with Gasteiger partial charge < -0.3 is 15.0 Å². The average molecular weight is 433 g/mol. The van der Waals surface area contributed by atoms with E-state index in [0.29, 0.717) is 19.6 Å². The summed E-state index contributed by atoms with van der Waals surface area (Å²) < 4.78 is 8.20. The molecule has 1 amide bonds. The third kappa shape index (κ3) is 3.77. The zero-order valence-corrected chi connectivity index (χ0v) is 18.1. The number of rotatable bonds is 6. The molecular weight excluding hydrogens is 408 g/mol. The van der Waals surface area contributed by atoms with Gasteiger partial charge >= 0.3 is 0 Å². The Morgan fingerprint density at radius 3 is 2.84 bits per heavy atom. The van der Waals surface area contributed by atoms with E-state index in [4.69, 9.17) is 9.72 Å². The van der Waals surface area contributed by atoms with Gasteiger partial charge in [0.05, 0.1) is 30.2 Å². The highest BCUT2D eigenvalue weighted by Gasteiger charge is 2.31. The Labute approximate surface area is 185 Å². The standard InChI is InChI=1S/C24H24N4O2S/c1-2-12-25-23(29)21-16-27(18-10-6-7-11-20(18)30-21)15-19-22(17-8-4-3-5-9-17)26-24-28(19)13-14-31-24/h3-11,13-14,21H,2,12,15-16H2,1H3,(H,25,29). The predicted molar refractivity (Wildman–Crippen MR) is 124 cm³/mol. The molecule has 31 heavy (non-hydrogen) atoms. The maximum atomic E-state index is 12.7. The van der Waals surface area contributed by atoms with Crippen molar-refractivity contribution in [3.63, 3.8) is 0 Å². The number of para-hydroxylation sites is 2. The third-order valence-electron chi connectivity index (χ3n) is 5.45. The zero-order chi connectivity index (χ0) is 21.2. The van der Waals surface area contributed by atoms with Crippen LogP contribution >= 0.6 is 11.3 Å². The summed E-state index contributed by atoms with van der Waals surface area (Å²) in [6.07, 6.45) is 2.41. The summed E-state index contributed by atoms with van der Waals surface area (Å²) in [5.74, 6) is 0.663. The van der Waals surface area contributed by atoms with Crippen LogP contribution in [0.2, 0.25) is 0 Å². The smallest absolute Gasteiger partial charge is 0.262 e. The number of carbonyl (C=O) groups is 1. The molecule has 0 saturated carbocycles. The van der Waals surface area contributed by atoms with Gasteiger partial charge in [-0.3, -0.25) is 9.20 Å². The molecule has 0 aliphatic carbocycles. The number of anilines is 1. The Morgan fingerprint density at radius 2 is 2.00 bits per heavy atom. The highest BCUT2D eigenvalue weighted by atomic mass is 32.1. The minimum absolute atomic E-state index is 0.0707. The summed E-state index contributed by atoms with van der Waals surface area (Å²) in [6, 6.07) is 18.2. The largest absolute Gasteiger partial charge is 0.477 e. The van der Waals surface area contributed by atoms with Crippen LogP contribution in [0.3, 0.4) is 0 Å². The second-order valence-electron chi connectivity index (χ2n) is 7.57.